The third-order valence-corrected chi connectivity index (χ3v) is 4.42. The lowest BCUT2D eigenvalue weighted by Gasteiger charge is -2.33. The molecule has 0 amide bonds. The van der Waals surface area contributed by atoms with E-state index in [9.17, 15) is 9.50 Å². The first-order valence-corrected chi connectivity index (χ1v) is 7.63. The van der Waals surface area contributed by atoms with Crippen molar-refractivity contribution < 1.29 is 14.2 Å². The number of rotatable bonds is 9. The van der Waals surface area contributed by atoms with Crippen LogP contribution in [0.4, 0.5) is 4.39 Å². The lowest BCUT2D eigenvalue weighted by molar-refractivity contribution is -0.0102. The number of aliphatic hydroxyl groups is 1. The maximum Gasteiger partial charge on any atom is 0.123 e. The van der Waals surface area contributed by atoms with Crippen molar-refractivity contribution in [1.29, 1.82) is 0 Å². The fourth-order valence-electron chi connectivity index (χ4n) is 2.28. The van der Waals surface area contributed by atoms with Gasteiger partial charge in [0.2, 0.25) is 0 Å². The van der Waals surface area contributed by atoms with Crippen molar-refractivity contribution in [2.24, 2.45) is 0 Å². The molecule has 0 heterocycles. The zero-order valence-corrected chi connectivity index (χ0v) is 14.0. The first-order valence-electron chi connectivity index (χ1n) is 7.63. The smallest absolute Gasteiger partial charge is 0.123 e. The summed E-state index contributed by atoms with van der Waals surface area (Å²) < 4.78 is 18.5. The highest BCUT2D eigenvalue weighted by atomic mass is 19.1. The van der Waals surface area contributed by atoms with E-state index in [1.165, 1.54) is 12.1 Å². The molecule has 0 saturated carbocycles. The van der Waals surface area contributed by atoms with Crippen molar-refractivity contribution in [2.75, 3.05) is 13.7 Å². The number of benzene rings is 1. The van der Waals surface area contributed by atoms with E-state index in [1.807, 2.05) is 20.8 Å². The van der Waals surface area contributed by atoms with Gasteiger partial charge in [-0.3, -0.25) is 0 Å². The van der Waals surface area contributed by atoms with Crippen LogP contribution in [-0.4, -0.2) is 30.4 Å². The summed E-state index contributed by atoms with van der Waals surface area (Å²) >= 11 is 0. The SMILES string of the molecule is C=CCC(O)(CCN[C@@H](C)C(C)(C)OC)c1ccc(F)cc1. The van der Waals surface area contributed by atoms with Crippen LogP contribution >= 0.6 is 0 Å². The maximum atomic E-state index is 13.1. The minimum Gasteiger partial charge on any atom is -0.385 e. The molecule has 3 nitrogen and oxygen atoms in total. The molecule has 0 aliphatic rings. The monoisotopic (exact) mass is 309 g/mol. The normalized spacial score (nSPS) is 16.1. The zero-order valence-electron chi connectivity index (χ0n) is 14.0. The molecule has 1 aromatic carbocycles. The predicted molar refractivity (Wildman–Crippen MR) is 88.3 cm³/mol. The fraction of sp³-hybridized carbons (Fsp3) is 0.556. The first kappa shape index (κ1) is 18.8. The van der Waals surface area contributed by atoms with Crippen LogP contribution in [0.25, 0.3) is 0 Å². The molecule has 124 valence electrons. The van der Waals surface area contributed by atoms with E-state index < -0.39 is 5.60 Å². The van der Waals surface area contributed by atoms with Crippen LogP contribution < -0.4 is 5.32 Å². The standard InChI is InChI=1S/C18H28FNO2/c1-6-11-18(21,15-7-9-16(19)10-8-15)12-13-20-14(2)17(3,4)22-5/h6-10,14,20-21H,1,11-13H2,2-5H3/t14-,18?/m0/s1. The van der Waals surface area contributed by atoms with Crippen molar-refractivity contribution in [2.45, 2.75) is 50.9 Å². The number of ether oxygens (including phenoxy) is 1. The number of methoxy groups -OCH3 is 1. The molecular formula is C18H28FNO2. The molecule has 0 aromatic heterocycles. The maximum absolute atomic E-state index is 13.1. The van der Waals surface area contributed by atoms with E-state index in [0.717, 1.165) is 0 Å². The number of hydrogen-bond donors (Lipinski definition) is 2. The molecule has 1 rings (SSSR count). The molecule has 0 fully saturated rings. The second-order valence-corrected chi connectivity index (χ2v) is 6.26. The quantitative estimate of drug-likeness (QED) is 0.687. The van der Waals surface area contributed by atoms with E-state index >= 15 is 0 Å². The molecule has 0 radical (unpaired) electrons. The van der Waals surface area contributed by atoms with Crippen molar-refractivity contribution >= 4 is 0 Å². The lowest BCUT2D eigenvalue weighted by Crippen LogP contribution is -2.47. The van der Waals surface area contributed by atoms with Crippen LogP contribution in [0.5, 0.6) is 0 Å². The molecule has 0 spiro atoms. The van der Waals surface area contributed by atoms with E-state index in [2.05, 4.69) is 11.9 Å². The van der Waals surface area contributed by atoms with Crippen LogP contribution in [0.3, 0.4) is 0 Å². The summed E-state index contributed by atoms with van der Waals surface area (Å²) in [6.07, 6.45) is 2.61. The highest BCUT2D eigenvalue weighted by Crippen LogP contribution is 2.29. The molecule has 2 N–H and O–H groups in total. The third kappa shape index (κ3) is 4.90. The number of hydrogen-bond acceptors (Lipinski definition) is 3. The van der Waals surface area contributed by atoms with Crippen LogP contribution in [0.15, 0.2) is 36.9 Å². The predicted octanol–water partition coefficient (Wildman–Crippen LogP) is 3.38. The van der Waals surface area contributed by atoms with Gasteiger partial charge < -0.3 is 15.2 Å². The highest BCUT2D eigenvalue weighted by molar-refractivity contribution is 5.24. The average molecular weight is 309 g/mol. The van der Waals surface area contributed by atoms with Gasteiger partial charge in [0.05, 0.1) is 11.2 Å². The Kier molecular flexibility index (Phi) is 6.72. The minimum absolute atomic E-state index is 0.138. The molecule has 1 unspecified atom stereocenters. The van der Waals surface area contributed by atoms with E-state index in [4.69, 9.17) is 4.74 Å². The Bertz CT molecular complexity index is 472. The highest BCUT2D eigenvalue weighted by Gasteiger charge is 2.29. The molecule has 0 aliphatic heterocycles. The fourth-order valence-corrected chi connectivity index (χ4v) is 2.28. The molecule has 0 bridgehead atoms. The van der Waals surface area contributed by atoms with Gasteiger partial charge in [-0.1, -0.05) is 18.2 Å². The van der Waals surface area contributed by atoms with Crippen LogP contribution in [0.1, 0.15) is 39.2 Å². The van der Waals surface area contributed by atoms with Gasteiger partial charge in [-0.05, 0) is 57.9 Å². The molecule has 4 heteroatoms. The van der Waals surface area contributed by atoms with Gasteiger partial charge in [0, 0.05) is 13.2 Å². The third-order valence-electron chi connectivity index (χ3n) is 4.42. The van der Waals surface area contributed by atoms with E-state index in [0.29, 0.717) is 24.9 Å². The summed E-state index contributed by atoms with van der Waals surface area (Å²) in [6.45, 7) is 10.4. The Labute approximate surface area is 133 Å². The molecule has 0 aliphatic carbocycles. The summed E-state index contributed by atoms with van der Waals surface area (Å²) in [5, 5.41) is 14.3. The average Bonchev–Trinajstić information content (AvgIpc) is 2.48. The summed E-state index contributed by atoms with van der Waals surface area (Å²) in [6, 6.07) is 6.13. The van der Waals surface area contributed by atoms with Crippen LogP contribution in [0.2, 0.25) is 0 Å². The molecular weight excluding hydrogens is 281 g/mol. The van der Waals surface area contributed by atoms with Gasteiger partial charge in [-0.25, -0.2) is 4.39 Å². The summed E-state index contributed by atoms with van der Waals surface area (Å²) in [5.41, 5.74) is -0.625. The minimum atomic E-state index is -1.04. The molecule has 2 atom stereocenters. The van der Waals surface area contributed by atoms with E-state index in [1.54, 1.807) is 25.3 Å². The van der Waals surface area contributed by atoms with Gasteiger partial charge in [-0.15, -0.1) is 6.58 Å². The van der Waals surface area contributed by atoms with Gasteiger partial charge >= 0.3 is 0 Å². The van der Waals surface area contributed by atoms with E-state index in [-0.39, 0.29) is 17.5 Å². The Hall–Kier alpha value is -1.23. The number of halogens is 1. The van der Waals surface area contributed by atoms with Gasteiger partial charge in [0.25, 0.3) is 0 Å². The zero-order chi connectivity index (χ0) is 16.8. The Morgan fingerprint density at radius 3 is 2.45 bits per heavy atom. The summed E-state index contributed by atoms with van der Waals surface area (Å²) in [5.74, 6) is -0.307. The Balaban J connectivity index is 2.72. The second-order valence-electron chi connectivity index (χ2n) is 6.26. The summed E-state index contributed by atoms with van der Waals surface area (Å²) in [4.78, 5) is 0. The van der Waals surface area contributed by atoms with Gasteiger partial charge in [-0.2, -0.15) is 0 Å². The Morgan fingerprint density at radius 1 is 1.36 bits per heavy atom. The van der Waals surface area contributed by atoms with Crippen molar-refractivity contribution in [3.63, 3.8) is 0 Å². The molecule has 22 heavy (non-hydrogen) atoms. The number of nitrogens with one attached hydrogen (secondary N) is 1. The second kappa shape index (κ2) is 7.86. The first-order chi connectivity index (χ1) is 10.2. The van der Waals surface area contributed by atoms with Crippen molar-refractivity contribution in [3.05, 3.63) is 48.3 Å². The topological polar surface area (TPSA) is 41.5 Å². The molecule has 0 saturated heterocycles. The summed E-state index contributed by atoms with van der Waals surface area (Å²) in [7, 11) is 1.69. The lowest BCUT2D eigenvalue weighted by atomic mass is 9.87. The van der Waals surface area contributed by atoms with Crippen LogP contribution in [0, 0.1) is 5.82 Å². The largest absolute Gasteiger partial charge is 0.385 e. The van der Waals surface area contributed by atoms with Crippen molar-refractivity contribution in [1.82, 2.24) is 5.32 Å². The van der Waals surface area contributed by atoms with Gasteiger partial charge in [0.1, 0.15) is 5.82 Å². The molecule has 1 aromatic rings. The van der Waals surface area contributed by atoms with Gasteiger partial charge in [0.15, 0.2) is 0 Å². The Morgan fingerprint density at radius 2 is 1.95 bits per heavy atom. The van der Waals surface area contributed by atoms with Crippen molar-refractivity contribution in [3.8, 4) is 0 Å². The van der Waals surface area contributed by atoms with Crippen LogP contribution in [-0.2, 0) is 10.3 Å².